The molecule has 0 bridgehead atoms. The van der Waals surface area contributed by atoms with Crippen LogP contribution in [0.15, 0.2) is 35.0 Å². The molecule has 2 rings (SSSR count). The molecule has 0 fully saturated rings. The number of aryl methyl sites for hydroxylation is 1. The van der Waals surface area contributed by atoms with E-state index in [1.54, 1.807) is 12.3 Å². The van der Waals surface area contributed by atoms with Crippen molar-refractivity contribution in [1.29, 1.82) is 0 Å². The molecule has 0 aliphatic rings. The molecule has 78 valence electrons. The van der Waals surface area contributed by atoms with Crippen LogP contribution in [0.2, 0.25) is 0 Å². The molecule has 4 heteroatoms. The van der Waals surface area contributed by atoms with Gasteiger partial charge in [-0.15, -0.1) is 0 Å². The minimum Gasteiger partial charge on any atom is -0.386 e. The van der Waals surface area contributed by atoms with Crippen LogP contribution in [0, 0.1) is 6.92 Å². The zero-order valence-electron chi connectivity index (χ0n) is 8.42. The summed E-state index contributed by atoms with van der Waals surface area (Å²) in [5.41, 5.74) is 1.46. The van der Waals surface area contributed by atoms with Gasteiger partial charge in [0.15, 0.2) is 0 Å². The van der Waals surface area contributed by atoms with Crippen molar-refractivity contribution in [2.45, 2.75) is 19.4 Å². The maximum atomic E-state index is 9.83. The lowest BCUT2D eigenvalue weighted by Crippen LogP contribution is -2.02. The molecule has 2 heterocycles. The summed E-state index contributed by atoms with van der Waals surface area (Å²) in [5, 5.41) is 13.6. The zero-order valence-corrected chi connectivity index (χ0v) is 8.42. The lowest BCUT2D eigenvalue weighted by atomic mass is 10.1. The van der Waals surface area contributed by atoms with Gasteiger partial charge in [0.25, 0.3) is 0 Å². The summed E-state index contributed by atoms with van der Waals surface area (Å²) < 4.78 is 5.02. The molecule has 4 nitrogen and oxygen atoms in total. The van der Waals surface area contributed by atoms with Crippen molar-refractivity contribution in [3.63, 3.8) is 0 Å². The Balaban J connectivity index is 2.07. The second kappa shape index (κ2) is 4.23. The Bertz CT molecular complexity index is 425. The fourth-order valence-electron chi connectivity index (χ4n) is 1.38. The van der Waals surface area contributed by atoms with Crippen molar-refractivity contribution in [2.24, 2.45) is 0 Å². The maximum Gasteiger partial charge on any atom is 0.139 e. The highest BCUT2D eigenvalue weighted by Crippen LogP contribution is 2.16. The first-order valence-electron chi connectivity index (χ1n) is 4.77. The van der Waals surface area contributed by atoms with Gasteiger partial charge in [-0.2, -0.15) is 0 Å². The fourth-order valence-corrected chi connectivity index (χ4v) is 1.38. The number of hydrogen-bond acceptors (Lipinski definition) is 4. The Labute approximate surface area is 87.6 Å². The molecule has 0 aliphatic heterocycles. The van der Waals surface area contributed by atoms with Crippen LogP contribution in [-0.2, 0) is 6.42 Å². The molecule has 15 heavy (non-hydrogen) atoms. The van der Waals surface area contributed by atoms with Crippen LogP contribution in [0.25, 0.3) is 0 Å². The number of aliphatic hydroxyl groups excluding tert-OH is 1. The Morgan fingerprint density at radius 1 is 1.47 bits per heavy atom. The molecular weight excluding hydrogens is 192 g/mol. The molecule has 0 aliphatic carbocycles. The van der Waals surface area contributed by atoms with Crippen LogP contribution in [0.5, 0.6) is 0 Å². The van der Waals surface area contributed by atoms with E-state index < -0.39 is 6.10 Å². The molecule has 0 amide bonds. The van der Waals surface area contributed by atoms with Gasteiger partial charge >= 0.3 is 0 Å². The van der Waals surface area contributed by atoms with Gasteiger partial charge in [-0.05, 0) is 19.1 Å². The van der Waals surface area contributed by atoms with Gasteiger partial charge in [-0.1, -0.05) is 11.2 Å². The monoisotopic (exact) mass is 204 g/mol. The van der Waals surface area contributed by atoms with Gasteiger partial charge in [0.05, 0.1) is 11.4 Å². The second-order valence-electron chi connectivity index (χ2n) is 3.41. The molecule has 0 radical (unpaired) electrons. The minimum absolute atomic E-state index is 0.401. The minimum atomic E-state index is -0.640. The lowest BCUT2D eigenvalue weighted by Gasteiger charge is -2.06. The summed E-state index contributed by atoms with van der Waals surface area (Å²) in [7, 11) is 0. The van der Waals surface area contributed by atoms with Crippen molar-refractivity contribution >= 4 is 0 Å². The third-order valence-electron chi connectivity index (χ3n) is 2.10. The predicted molar refractivity (Wildman–Crippen MR) is 54.1 cm³/mol. The highest BCUT2D eigenvalue weighted by atomic mass is 16.5. The van der Waals surface area contributed by atoms with Gasteiger partial charge in [-0.3, -0.25) is 4.98 Å². The zero-order chi connectivity index (χ0) is 10.7. The van der Waals surface area contributed by atoms with Crippen molar-refractivity contribution < 1.29 is 9.63 Å². The molecule has 1 atom stereocenters. The Morgan fingerprint density at radius 3 is 2.93 bits per heavy atom. The van der Waals surface area contributed by atoms with E-state index in [4.69, 9.17) is 4.52 Å². The second-order valence-corrected chi connectivity index (χ2v) is 3.41. The van der Waals surface area contributed by atoms with Gasteiger partial charge in [-0.25, -0.2) is 0 Å². The number of rotatable bonds is 3. The van der Waals surface area contributed by atoms with E-state index in [0.717, 1.165) is 5.69 Å². The van der Waals surface area contributed by atoms with E-state index in [2.05, 4.69) is 10.1 Å². The summed E-state index contributed by atoms with van der Waals surface area (Å²) in [4.78, 5) is 4.07. The number of nitrogens with zero attached hydrogens (tertiary/aromatic N) is 2. The largest absolute Gasteiger partial charge is 0.386 e. The first-order chi connectivity index (χ1) is 7.25. The predicted octanol–water partition coefficient (Wildman–Crippen LogP) is 1.65. The van der Waals surface area contributed by atoms with E-state index in [0.29, 0.717) is 17.9 Å². The van der Waals surface area contributed by atoms with E-state index in [1.807, 2.05) is 25.1 Å². The molecule has 2 aromatic rings. The Hall–Kier alpha value is -1.68. The Morgan fingerprint density at radius 2 is 2.33 bits per heavy atom. The van der Waals surface area contributed by atoms with E-state index >= 15 is 0 Å². The van der Waals surface area contributed by atoms with Crippen LogP contribution < -0.4 is 0 Å². The quantitative estimate of drug-likeness (QED) is 0.825. The fraction of sp³-hybridized carbons (Fsp3) is 0.273. The molecule has 0 aromatic carbocycles. The molecule has 0 saturated carbocycles. The summed E-state index contributed by atoms with van der Waals surface area (Å²) in [5.74, 6) is 0.672. The van der Waals surface area contributed by atoms with Crippen molar-refractivity contribution in [3.8, 4) is 0 Å². The van der Waals surface area contributed by atoms with Gasteiger partial charge in [0, 0.05) is 18.7 Å². The van der Waals surface area contributed by atoms with Gasteiger partial charge in [0.2, 0.25) is 0 Å². The highest BCUT2D eigenvalue weighted by Gasteiger charge is 2.12. The number of aliphatic hydroxyl groups is 1. The lowest BCUT2D eigenvalue weighted by molar-refractivity contribution is 0.162. The number of hydrogen-bond donors (Lipinski definition) is 1. The van der Waals surface area contributed by atoms with Crippen LogP contribution in [0.1, 0.15) is 23.3 Å². The topological polar surface area (TPSA) is 59.2 Å². The molecule has 1 N–H and O–H groups in total. The van der Waals surface area contributed by atoms with Crippen LogP contribution in [-0.4, -0.2) is 15.2 Å². The molecular formula is C11H12N2O2. The Kier molecular flexibility index (Phi) is 2.78. The van der Waals surface area contributed by atoms with Gasteiger partial charge in [0.1, 0.15) is 11.9 Å². The van der Waals surface area contributed by atoms with Crippen LogP contribution >= 0.6 is 0 Å². The van der Waals surface area contributed by atoms with Crippen LogP contribution in [0.3, 0.4) is 0 Å². The normalized spacial score (nSPS) is 12.7. The van der Waals surface area contributed by atoms with Crippen LogP contribution in [0.4, 0.5) is 0 Å². The number of pyridine rings is 1. The smallest absolute Gasteiger partial charge is 0.139 e. The van der Waals surface area contributed by atoms with E-state index in [-0.39, 0.29) is 0 Å². The van der Waals surface area contributed by atoms with E-state index in [9.17, 15) is 5.11 Å². The SMILES string of the molecule is Cc1cc(CC(O)c2ccccn2)on1. The summed E-state index contributed by atoms with van der Waals surface area (Å²) in [6, 6.07) is 7.26. The van der Waals surface area contributed by atoms with Crippen molar-refractivity contribution in [3.05, 3.63) is 47.6 Å². The first kappa shape index (κ1) is 9.86. The van der Waals surface area contributed by atoms with Crippen molar-refractivity contribution in [2.75, 3.05) is 0 Å². The summed E-state index contributed by atoms with van der Waals surface area (Å²) >= 11 is 0. The number of aromatic nitrogens is 2. The average Bonchev–Trinajstić information content (AvgIpc) is 2.65. The summed E-state index contributed by atoms with van der Waals surface area (Å²) in [6.07, 6.45) is 1.42. The molecule has 0 saturated heterocycles. The van der Waals surface area contributed by atoms with E-state index in [1.165, 1.54) is 0 Å². The standard InChI is InChI=1S/C11H12N2O2/c1-8-6-9(15-13-8)7-11(14)10-4-2-3-5-12-10/h2-6,11,14H,7H2,1H3. The summed E-state index contributed by atoms with van der Waals surface area (Å²) in [6.45, 7) is 1.85. The maximum absolute atomic E-state index is 9.83. The van der Waals surface area contributed by atoms with Crippen molar-refractivity contribution in [1.82, 2.24) is 10.1 Å². The molecule has 0 spiro atoms. The molecule has 1 unspecified atom stereocenters. The average molecular weight is 204 g/mol. The third-order valence-corrected chi connectivity index (χ3v) is 2.10. The third kappa shape index (κ3) is 2.41. The molecule has 2 aromatic heterocycles. The first-order valence-corrected chi connectivity index (χ1v) is 4.77. The van der Waals surface area contributed by atoms with Gasteiger partial charge < -0.3 is 9.63 Å². The highest BCUT2D eigenvalue weighted by molar-refractivity contribution is 5.11.